The summed E-state index contributed by atoms with van der Waals surface area (Å²) in [6.45, 7) is 10.1. The van der Waals surface area contributed by atoms with Crippen molar-refractivity contribution < 1.29 is 4.74 Å². The molecule has 3 heteroatoms. The fourth-order valence-electron chi connectivity index (χ4n) is 2.05. The van der Waals surface area contributed by atoms with E-state index in [9.17, 15) is 0 Å². The van der Waals surface area contributed by atoms with E-state index in [1.54, 1.807) is 7.11 Å². The first-order valence-electron chi connectivity index (χ1n) is 5.60. The summed E-state index contributed by atoms with van der Waals surface area (Å²) >= 11 is 0. The molecule has 0 radical (unpaired) electrons. The molecule has 0 spiro atoms. The zero-order valence-electron chi connectivity index (χ0n) is 9.81. The van der Waals surface area contributed by atoms with E-state index in [1.165, 1.54) is 19.5 Å². The van der Waals surface area contributed by atoms with Crippen LogP contribution in [0.25, 0.3) is 0 Å². The van der Waals surface area contributed by atoms with E-state index >= 15 is 0 Å². The van der Waals surface area contributed by atoms with Gasteiger partial charge in [-0.3, -0.25) is 0 Å². The van der Waals surface area contributed by atoms with Crippen LogP contribution < -0.4 is 5.32 Å². The molecule has 14 heavy (non-hydrogen) atoms. The molecule has 84 valence electrons. The summed E-state index contributed by atoms with van der Waals surface area (Å²) in [6.07, 6.45) is 2.41. The molecule has 0 aromatic carbocycles. The van der Waals surface area contributed by atoms with Crippen LogP contribution in [0.15, 0.2) is 0 Å². The van der Waals surface area contributed by atoms with Gasteiger partial charge in [0, 0.05) is 32.3 Å². The number of nitrogens with one attached hydrogen (secondary N) is 1. The maximum Gasteiger partial charge on any atom is 0.0474 e. The molecule has 0 aromatic rings. The van der Waals surface area contributed by atoms with Crippen molar-refractivity contribution in [2.45, 2.75) is 32.2 Å². The van der Waals surface area contributed by atoms with Crippen LogP contribution in [-0.4, -0.2) is 50.3 Å². The first-order valence-corrected chi connectivity index (χ1v) is 5.60. The molecular weight excluding hydrogens is 176 g/mol. The van der Waals surface area contributed by atoms with Gasteiger partial charge in [0.15, 0.2) is 0 Å². The standard InChI is InChI=1S/C11H24N2O/c1-11(2)10-13(7-4-6-12-11)8-5-9-14-3/h12H,4-10H2,1-3H3. The second kappa shape index (κ2) is 5.69. The molecule has 1 aliphatic rings. The SMILES string of the molecule is COCCCN1CCCNC(C)(C)C1. The van der Waals surface area contributed by atoms with Gasteiger partial charge in [-0.1, -0.05) is 0 Å². The van der Waals surface area contributed by atoms with Gasteiger partial charge < -0.3 is 15.0 Å². The van der Waals surface area contributed by atoms with Gasteiger partial charge in [-0.15, -0.1) is 0 Å². The zero-order valence-corrected chi connectivity index (χ0v) is 9.81. The third-order valence-electron chi connectivity index (χ3n) is 2.70. The summed E-state index contributed by atoms with van der Waals surface area (Å²) in [5, 5.41) is 3.57. The Labute approximate surface area is 87.8 Å². The number of hydrogen-bond donors (Lipinski definition) is 1. The minimum Gasteiger partial charge on any atom is -0.385 e. The van der Waals surface area contributed by atoms with Gasteiger partial charge in [0.2, 0.25) is 0 Å². The second-order valence-electron chi connectivity index (χ2n) is 4.79. The van der Waals surface area contributed by atoms with Gasteiger partial charge in [-0.25, -0.2) is 0 Å². The molecule has 0 atom stereocenters. The molecule has 1 rings (SSSR count). The van der Waals surface area contributed by atoms with Gasteiger partial charge >= 0.3 is 0 Å². The van der Waals surface area contributed by atoms with Crippen LogP contribution in [0.2, 0.25) is 0 Å². The highest BCUT2D eigenvalue weighted by atomic mass is 16.5. The Kier molecular flexibility index (Phi) is 4.85. The molecular formula is C11H24N2O. The molecule has 3 nitrogen and oxygen atoms in total. The maximum absolute atomic E-state index is 5.07. The average Bonchev–Trinajstić information content (AvgIpc) is 2.27. The van der Waals surface area contributed by atoms with Crippen LogP contribution in [0.1, 0.15) is 26.7 Å². The lowest BCUT2D eigenvalue weighted by atomic mass is 10.1. The molecule has 0 aromatic heterocycles. The van der Waals surface area contributed by atoms with Crippen LogP contribution in [-0.2, 0) is 4.74 Å². The van der Waals surface area contributed by atoms with Crippen LogP contribution in [0, 0.1) is 0 Å². The number of methoxy groups -OCH3 is 1. The quantitative estimate of drug-likeness (QED) is 0.688. The lowest BCUT2D eigenvalue weighted by Gasteiger charge is -2.29. The lowest BCUT2D eigenvalue weighted by molar-refractivity contribution is 0.164. The van der Waals surface area contributed by atoms with E-state index in [2.05, 4.69) is 24.1 Å². The average molecular weight is 200 g/mol. The van der Waals surface area contributed by atoms with E-state index in [0.717, 1.165) is 26.1 Å². The molecule has 1 N–H and O–H groups in total. The van der Waals surface area contributed by atoms with Crippen molar-refractivity contribution in [3.05, 3.63) is 0 Å². The predicted octanol–water partition coefficient (Wildman–Crippen LogP) is 1.10. The fraction of sp³-hybridized carbons (Fsp3) is 1.00. The molecule has 1 heterocycles. The molecule has 0 bridgehead atoms. The van der Waals surface area contributed by atoms with Gasteiger partial charge in [0.1, 0.15) is 0 Å². The third kappa shape index (κ3) is 4.40. The first-order chi connectivity index (χ1) is 6.64. The van der Waals surface area contributed by atoms with Gasteiger partial charge in [-0.05, 0) is 39.8 Å². The number of rotatable bonds is 4. The van der Waals surface area contributed by atoms with Crippen LogP contribution in [0.3, 0.4) is 0 Å². The molecule has 0 amide bonds. The zero-order chi connectivity index (χ0) is 10.4. The van der Waals surface area contributed by atoms with Gasteiger partial charge in [-0.2, -0.15) is 0 Å². The van der Waals surface area contributed by atoms with Gasteiger partial charge in [0.25, 0.3) is 0 Å². The Morgan fingerprint density at radius 2 is 2.21 bits per heavy atom. The first kappa shape index (κ1) is 12.0. The number of nitrogens with zero attached hydrogens (tertiary/aromatic N) is 1. The van der Waals surface area contributed by atoms with Crippen molar-refractivity contribution in [2.75, 3.05) is 39.9 Å². The molecule has 0 unspecified atom stereocenters. The van der Waals surface area contributed by atoms with E-state index in [-0.39, 0.29) is 5.54 Å². The summed E-state index contributed by atoms with van der Waals surface area (Å²) in [5.74, 6) is 0. The summed E-state index contributed by atoms with van der Waals surface area (Å²) in [7, 11) is 1.77. The Morgan fingerprint density at radius 3 is 2.93 bits per heavy atom. The lowest BCUT2D eigenvalue weighted by Crippen LogP contribution is -2.46. The highest BCUT2D eigenvalue weighted by molar-refractivity contribution is 4.84. The molecule has 1 fully saturated rings. The predicted molar refractivity (Wildman–Crippen MR) is 59.6 cm³/mol. The maximum atomic E-state index is 5.07. The normalized spacial score (nSPS) is 23.4. The minimum atomic E-state index is 0.267. The Balaban J connectivity index is 2.28. The van der Waals surface area contributed by atoms with Crippen molar-refractivity contribution >= 4 is 0 Å². The van der Waals surface area contributed by atoms with E-state index in [1.807, 2.05) is 0 Å². The van der Waals surface area contributed by atoms with Crippen LogP contribution in [0.5, 0.6) is 0 Å². The van der Waals surface area contributed by atoms with Crippen LogP contribution in [0.4, 0.5) is 0 Å². The summed E-state index contributed by atoms with van der Waals surface area (Å²) in [5.41, 5.74) is 0.267. The molecule has 0 aliphatic carbocycles. The second-order valence-corrected chi connectivity index (χ2v) is 4.79. The Hall–Kier alpha value is -0.120. The summed E-state index contributed by atoms with van der Waals surface area (Å²) in [6, 6.07) is 0. The largest absolute Gasteiger partial charge is 0.385 e. The van der Waals surface area contributed by atoms with E-state index in [4.69, 9.17) is 4.74 Å². The van der Waals surface area contributed by atoms with Crippen molar-refractivity contribution in [1.82, 2.24) is 10.2 Å². The number of hydrogen-bond acceptors (Lipinski definition) is 3. The van der Waals surface area contributed by atoms with Crippen LogP contribution >= 0.6 is 0 Å². The molecule has 1 aliphatic heterocycles. The monoisotopic (exact) mass is 200 g/mol. The van der Waals surface area contributed by atoms with E-state index in [0.29, 0.717) is 0 Å². The van der Waals surface area contributed by atoms with Crippen molar-refractivity contribution in [2.24, 2.45) is 0 Å². The third-order valence-corrected chi connectivity index (χ3v) is 2.70. The summed E-state index contributed by atoms with van der Waals surface area (Å²) in [4.78, 5) is 2.54. The van der Waals surface area contributed by atoms with Crippen molar-refractivity contribution in [1.29, 1.82) is 0 Å². The highest BCUT2D eigenvalue weighted by Crippen LogP contribution is 2.10. The Bertz CT molecular complexity index is 159. The van der Waals surface area contributed by atoms with Crippen molar-refractivity contribution in [3.8, 4) is 0 Å². The highest BCUT2D eigenvalue weighted by Gasteiger charge is 2.23. The fourth-order valence-corrected chi connectivity index (χ4v) is 2.05. The topological polar surface area (TPSA) is 24.5 Å². The summed E-state index contributed by atoms with van der Waals surface area (Å²) < 4.78 is 5.07. The Morgan fingerprint density at radius 1 is 1.43 bits per heavy atom. The number of ether oxygens (including phenoxy) is 1. The van der Waals surface area contributed by atoms with Crippen molar-refractivity contribution in [3.63, 3.8) is 0 Å². The molecule has 1 saturated heterocycles. The smallest absolute Gasteiger partial charge is 0.0474 e. The minimum absolute atomic E-state index is 0.267. The van der Waals surface area contributed by atoms with E-state index < -0.39 is 0 Å². The molecule has 0 saturated carbocycles. The van der Waals surface area contributed by atoms with Gasteiger partial charge in [0.05, 0.1) is 0 Å².